The summed E-state index contributed by atoms with van der Waals surface area (Å²) >= 11 is 0. The topological polar surface area (TPSA) is 22.8 Å². The second kappa shape index (κ2) is 8.92. The summed E-state index contributed by atoms with van der Waals surface area (Å²) in [7, 11) is 0. The van der Waals surface area contributed by atoms with Crippen LogP contribution in [0.5, 0.6) is 0 Å². The van der Waals surface area contributed by atoms with Crippen molar-refractivity contribution < 1.29 is 0 Å². The van der Waals surface area contributed by atoms with Gasteiger partial charge < -0.3 is 4.57 Å². The normalized spacial score (nSPS) is 11.8. The fourth-order valence-electron chi connectivity index (χ4n) is 6.63. The lowest BCUT2D eigenvalue weighted by Crippen LogP contribution is -1.97. The first-order valence-corrected chi connectivity index (χ1v) is 14.3. The minimum absolute atomic E-state index is 0.918. The van der Waals surface area contributed by atoms with E-state index in [2.05, 4.69) is 155 Å². The zero-order chi connectivity index (χ0) is 27.6. The van der Waals surface area contributed by atoms with Gasteiger partial charge in [0.25, 0.3) is 0 Å². The summed E-state index contributed by atoms with van der Waals surface area (Å²) in [6.07, 6.45) is 1.92. The van der Waals surface area contributed by atoms with Gasteiger partial charge in [0.1, 0.15) is 5.82 Å². The van der Waals surface area contributed by atoms with Crippen molar-refractivity contribution in [2.24, 2.45) is 0 Å². The molecule has 0 aliphatic heterocycles. The first-order chi connectivity index (χ1) is 20.8. The van der Waals surface area contributed by atoms with Crippen molar-refractivity contribution in [2.75, 3.05) is 0 Å². The number of rotatable bonds is 3. The number of hydrogen-bond donors (Lipinski definition) is 0. The molecule has 0 spiro atoms. The van der Waals surface area contributed by atoms with Crippen molar-refractivity contribution in [2.45, 2.75) is 0 Å². The Balaban J connectivity index is 1.36. The van der Waals surface area contributed by atoms with Crippen LogP contribution in [0, 0.1) is 0 Å². The van der Waals surface area contributed by atoms with Crippen LogP contribution in [0.1, 0.15) is 0 Å². The van der Waals surface area contributed by atoms with Crippen LogP contribution in [-0.2, 0) is 0 Å². The molecule has 0 saturated heterocycles. The molecule has 0 radical (unpaired) electrons. The third-order valence-electron chi connectivity index (χ3n) is 8.52. The van der Waals surface area contributed by atoms with E-state index in [0.717, 1.165) is 22.4 Å². The van der Waals surface area contributed by atoms with E-state index in [-0.39, 0.29) is 0 Å². The molecule has 3 aromatic heterocycles. The van der Waals surface area contributed by atoms with E-state index in [1.807, 2.05) is 6.20 Å². The van der Waals surface area contributed by atoms with E-state index in [1.165, 1.54) is 54.6 Å². The van der Waals surface area contributed by atoms with Gasteiger partial charge >= 0.3 is 0 Å². The van der Waals surface area contributed by atoms with E-state index >= 15 is 0 Å². The van der Waals surface area contributed by atoms with Gasteiger partial charge in [0.05, 0.1) is 22.1 Å². The van der Waals surface area contributed by atoms with Crippen molar-refractivity contribution >= 4 is 54.4 Å². The zero-order valence-corrected chi connectivity index (χ0v) is 22.8. The number of fused-ring (bicyclic) bond motifs is 7. The van der Waals surface area contributed by atoms with Crippen LogP contribution in [0.25, 0.3) is 77.0 Å². The SMILES string of the molecule is c1ccc(-c2ccnc(-n3c4ccccc4c4cc5cc6c7ccccc7n(-c7ccccc7)c6cc5cc43)c2)cc1. The second-order valence-electron chi connectivity index (χ2n) is 10.9. The van der Waals surface area contributed by atoms with Gasteiger partial charge in [0.2, 0.25) is 0 Å². The third-order valence-corrected chi connectivity index (χ3v) is 8.52. The predicted octanol–water partition coefficient (Wildman–Crippen LogP) is 10.1. The predicted molar refractivity (Wildman–Crippen MR) is 176 cm³/mol. The molecule has 0 aliphatic rings. The molecule has 3 heterocycles. The lowest BCUT2D eigenvalue weighted by Gasteiger charge is -2.10. The van der Waals surface area contributed by atoms with Gasteiger partial charge in [0.15, 0.2) is 0 Å². The molecule has 0 fully saturated rings. The van der Waals surface area contributed by atoms with Crippen molar-refractivity contribution in [3.05, 3.63) is 152 Å². The van der Waals surface area contributed by atoms with Crippen LogP contribution >= 0.6 is 0 Å². The first kappa shape index (κ1) is 23.1. The van der Waals surface area contributed by atoms with Crippen LogP contribution in [0.4, 0.5) is 0 Å². The average Bonchev–Trinajstić information content (AvgIpc) is 3.55. The standard InChI is InChI=1S/C39H25N3/c1-3-11-26(12-4-1)27-19-20-40-39(25-27)42-36-18-10-8-16-32(36)34-22-28-21-33-31-15-7-9-17-35(31)41(30-13-5-2-6-14-30)37(33)23-29(28)24-38(34)42/h1-25H. The number of nitrogens with zero attached hydrogens (tertiary/aromatic N) is 3. The molecule has 0 aliphatic carbocycles. The summed E-state index contributed by atoms with van der Waals surface area (Å²) in [6, 6.07) is 52.2. The Kier molecular flexibility index (Phi) is 4.90. The smallest absolute Gasteiger partial charge is 0.138 e. The fraction of sp³-hybridized carbons (Fsp3) is 0. The van der Waals surface area contributed by atoms with Gasteiger partial charge in [-0.2, -0.15) is 0 Å². The van der Waals surface area contributed by atoms with E-state index in [0.29, 0.717) is 0 Å². The molecule has 0 amide bonds. The molecule has 9 aromatic rings. The van der Waals surface area contributed by atoms with Gasteiger partial charge in [0, 0.05) is 33.4 Å². The first-order valence-electron chi connectivity index (χ1n) is 14.3. The van der Waals surface area contributed by atoms with E-state index in [9.17, 15) is 0 Å². The Bertz CT molecular complexity index is 2450. The number of benzene rings is 6. The van der Waals surface area contributed by atoms with Crippen LogP contribution in [0.3, 0.4) is 0 Å². The highest BCUT2D eigenvalue weighted by molar-refractivity contribution is 6.18. The molecule has 0 saturated carbocycles. The van der Waals surface area contributed by atoms with Gasteiger partial charge in [-0.15, -0.1) is 0 Å². The van der Waals surface area contributed by atoms with Crippen molar-refractivity contribution in [1.29, 1.82) is 0 Å². The monoisotopic (exact) mass is 535 g/mol. The fourth-order valence-corrected chi connectivity index (χ4v) is 6.63. The average molecular weight is 536 g/mol. The van der Waals surface area contributed by atoms with Gasteiger partial charge in [-0.3, -0.25) is 4.57 Å². The van der Waals surface area contributed by atoms with E-state index in [4.69, 9.17) is 4.98 Å². The summed E-state index contributed by atoms with van der Waals surface area (Å²) in [4.78, 5) is 4.88. The van der Waals surface area contributed by atoms with Gasteiger partial charge in [-0.1, -0.05) is 84.9 Å². The lowest BCUT2D eigenvalue weighted by atomic mass is 10.0. The summed E-state index contributed by atoms with van der Waals surface area (Å²) < 4.78 is 4.70. The maximum atomic E-state index is 4.88. The highest BCUT2D eigenvalue weighted by atomic mass is 15.1. The Morgan fingerprint density at radius 1 is 0.381 bits per heavy atom. The van der Waals surface area contributed by atoms with Crippen molar-refractivity contribution in [1.82, 2.24) is 14.1 Å². The number of para-hydroxylation sites is 3. The Morgan fingerprint density at radius 3 is 1.62 bits per heavy atom. The number of aromatic nitrogens is 3. The lowest BCUT2D eigenvalue weighted by molar-refractivity contribution is 1.08. The molecule has 0 unspecified atom stereocenters. The van der Waals surface area contributed by atoms with E-state index in [1.54, 1.807) is 0 Å². The van der Waals surface area contributed by atoms with Crippen LogP contribution in [0.15, 0.2) is 152 Å². The maximum absolute atomic E-state index is 4.88. The number of hydrogen-bond acceptors (Lipinski definition) is 1. The summed E-state index contributed by atoms with van der Waals surface area (Å²) in [5.41, 5.74) is 8.24. The molecular weight excluding hydrogens is 510 g/mol. The van der Waals surface area contributed by atoms with Gasteiger partial charge in [-0.05, 0) is 82.6 Å². The summed E-state index contributed by atoms with van der Waals surface area (Å²) in [6.45, 7) is 0. The minimum Gasteiger partial charge on any atom is -0.309 e. The molecular formula is C39H25N3. The largest absolute Gasteiger partial charge is 0.309 e. The highest BCUT2D eigenvalue weighted by Crippen LogP contribution is 2.39. The van der Waals surface area contributed by atoms with Crippen LogP contribution in [-0.4, -0.2) is 14.1 Å². The molecule has 0 N–H and O–H groups in total. The zero-order valence-electron chi connectivity index (χ0n) is 22.8. The minimum atomic E-state index is 0.918. The molecule has 6 aromatic carbocycles. The van der Waals surface area contributed by atoms with Crippen LogP contribution in [0.2, 0.25) is 0 Å². The molecule has 0 bridgehead atoms. The molecule has 3 heteroatoms. The third kappa shape index (κ3) is 3.37. The van der Waals surface area contributed by atoms with E-state index < -0.39 is 0 Å². The number of pyridine rings is 1. The quantitative estimate of drug-likeness (QED) is 0.221. The highest BCUT2D eigenvalue weighted by Gasteiger charge is 2.17. The Hall–Kier alpha value is -5.67. The summed E-state index contributed by atoms with van der Waals surface area (Å²) in [5.74, 6) is 0.918. The molecule has 9 rings (SSSR count). The van der Waals surface area contributed by atoms with Crippen LogP contribution < -0.4 is 0 Å². The molecule has 42 heavy (non-hydrogen) atoms. The summed E-state index contributed by atoms with van der Waals surface area (Å²) in [5, 5.41) is 7.44. The second-order valence-corrected chi connectivity index (χ2v) is 10.9. The molecule has 196 valence electrons. The molecule has 0 atom stereocenters. The Labute approximate surface area is 242 Å². The van der Waals surface area contributed by atoms with Crippen molar-refractivity contribution in [3.8, 4) is 22.6 Å². The van der Waals surface area contributed by atoms with Crippen molar-refractivity contribution in [3.63, 3.8) is 0 Å². The maximum Gasteiger partial charge on any atom is 0.138 e. The molecule has 3 nitrogen and oxygen atoms in total. The Morgan fingerprint density at radius 2 is 0.929 bits per heavy atom. The van der Waals surface area contributed by atoms with Gasteiger partial charge in [-0.25, -0.2) is 4.98 Å².